The van der Waals surface area contributed by atoms with Crippen molar-refractivity contribution >= 4 is 5.91 Å². The molecule has 1 aliphatic rings. The van der Waals surface area contributed by atoms with Gasteiger partial charge in [-0.25, -0.2) is 4.98 Å². The van der Waals surface area contributed by atoms with Gasteiger partial charge in [-0.2, -0.15) is 5.26 Å². The highest BCUT2D eigenvalue weighted by Gasteiger charge is 2.29. The fourth-order valence-electron chi connectivity index (χ4n) is 3.23. The number of benzene rings is 1. The number of rotatable bonds is 5. The van der Waals surface area contributed by atoms with Crippen LogP contribution in [-0.2, 0) is 23.0 Å². The number of nitrogens with zero attached hydrogens (tertiary/aromatic N) is 3. The second-order valence-corrected chi connectivity index (χ2v) is 6.38. The summed E-state index contributed by atoms with van der Waals surface area (Å²) in [5.41, 5.74) is 1.49. The Balaban J connectivity index is 1.71. The largest absolute Gasteiger partial charge is 0.381 e. The molecule has 0 aliphatic carbocycles. The van der Waals surface area contributed by atoms with Gasteiger partial charge in [0.2, 0.25) is 5.91 Å². The van der Waals surface area contributed by atoms with Crippen molar-refractivity contribution in [2.24, 2.45) is 13.0 Å². The molecule has 2 aromatic rings. The molecule has 0 spiro atoms. The maximum absolute atomic E-state index is 12.6. The summed E-state index contributed by atoms with van der Waals surface area (Å²) in [6.07, 6.45) is 5.77. The van der Waals surface area contributed by atoms with Crippen LogP contribution in [0.5, 0.6) is 0 Å². The summed E-state index contributed by atoms with van der Waals surface area (Å²) in [6.45, 7) is 1.44. The van der Waals surface area contributed by atoms with E-state index in [1.165, 1.54) is 0 Å². The summed E-state index contributed by atoms with van der Waals surface area (Å²) in [5, 5.41) is 12.0. The van der Waals surface area contributed by atoms with Crippen molar-refractivity contribution in [3.63, 3.8) is 0 Å². The van der Waals surface area contributed by atoms with Gasteiger partial charge in [0.25, 0.3) is 0 Å². The van der Waals surface area contributed by atoms with E-state index in [2.05, 4.69) is 16.4 Å². The quantitative estimate of drug-likeness (QED) is 0.905. The average molecular weight is 338 g/mol. The number of hydrogen-bond acceptors (Lipinski definition) is 4. The number of hydrogen-bond donors (Lipinski definition) is 1. The molecule has 0 saturated carbocycles. The van der Waals surface area contributed by atoms with Gasteiger partial charge >= 0.3 is 0 Å². The molecule has 1 fully saturated rings. The predicted molar refractivity (Wildman–Crippen MR) is 92.5 cm³/mol. The number of aryl methyl sites for hydroxylation is 1. The number of imidazole rings is 1. The molecular weight excluding hydrogens is 316 g/mol. The number of carbonyl (C=O) groups excluding carboxylic acids is 1. The Bertz CT molecular complexity index is 754. The molecule has 1 saturated heterocycles. The van der Waals surface area contributed by atoms with Gasteiger partial charge in [0.1, 0.15) is 5.82 Å². The van der Waals surface area contributed by atoms with Gasteiger partial charge in [-0.05, 0) is 36.5 Å². The van der Waals surface area contributed by atoms with E-state index in [4.69, 9.17) is 10.00 Å². The Kier molecular flexibility index (Phi) is 5.46. The fraction of sp³-hybridized carbons (Fsp3) is 0.421. The van der Waals surface area contributed by atoms with Crippen LogP contribution in [0.2, 0.25) is 0 Å². The van der Waals surface area contributed by atoms with Crippen LogP contribution in [0.25, 0.3) is 0 Å². The average Bonchev–Trinajstić information content (AvgIpc) is 3.07. The molecule has 1 atom stereocenters. The lowest BCUT2D eigenvalue weighted by Crippen LogP contribution is -2.38. The fourth-order valence-corrected chi connectivity index (χ4v) is 3.23. The molecule has 0 unspecified atom stereocenters. The Labute approximate surface area is 147 Å². The van der Waals surface area contributed by atoms with Crippen LogP contribution in [-0.4, -0.2) is 28.7 Å². The molecule has 2 heterocycles. The Morgan fingerprint density at radius 2 is 2.12 bits per heavy atom. The van der Waals surface area contributed by atoms with Crippen molar-refractivity contribution in [3.8, 4) is 6.07 Å². The van der Waals surface area contributed by atoms with Crippen molar-refractivity contribution < 1.29 is 9.53 Å². The molecule has 1 amide bonds. The Morgan fingerprint density at radius 3 is 2.72 bits per heavy atom. The van der Waals surface area contributed by atoms with Gasteiger partial charge in [-0.1, -0.05) is 12.1 Å². The highest BCUT2D eigenvalue weighted by Crippen LogP contribution is 2.29. The minimum absolute atomic E-state index is 0.0378. The standard InChI is InChI=1S/C19H22N4O2/c1-23-9-8-21-19(23)18(16-6-10-25-11-7-16)22-17(24)12-14-2-4-15(13-20)5-3-14/h2-5,8-9,16,18H,6-7,10-12H2,1H3,(H,22,24)/t18-/m1/s1. The first kappa shape index (κ1) is 17.2. The summed E-state index contributed by atoms with van der Waals surface area (Å²) in [5.74, 6) is 1.16. The van der Waals surface area contributed by atoms with E-state index < -0.39 is 0 Å². The summed E-state index contributed by atoms with van der Waals surface area (Å²) in [6, 6.07) is 9.08. The summed E-state index contributed by atoms with van der Waals surface area (Å²) >= 11 is 0. The van der Waals surface area contributed by atoms with Crippen LogP contribution in [0, 0.1) is 17.2 Å². The Hall–Kier alpha value is -2.65. The minimum Gasteiger partial charge on any atom is -0.381 e. The number of carbonyl (C=O) groups is 1. The maximum Gasteiger partial charge on any atom is 0.225 e. The summed E-state index contributed by atoms with van der Waals surface area (Å²) in [4.78, 5) is 17.0. The lowest BCUT2D eigenvalue weighted by molar-refractivity contribution is -0.122. The van der Waals surface area contributed by atoms with E-state index in [1.54, 1.807) is 18.3 Å². The van der Waals surface area contributed by atoms with Crippen molar-refractivity contribution in [2.45, 2.75) is 25.3 Å². The van der Waals surface area contributed by atoms with Crippen molar-refractivity contribution in [2.75, 3.05) is 13.2 Å². The van der Waals surface area contributed by atoms with E-state index in [1.807, 2.05) is 29.9 Å². The van der Waals surface area contributed by atoms with Gasteiger partial charge in [-0.15, -0.1) is 0 Å². The third-order valence-corrected chi connectivity index (χ3v) is 4.64. The first-order valence-electron chi connectivity index (χ1n) is 8.50. The van der Waals surface area contributed by atoms with Crippen LogP contribution >= 0.6 is 0 Å². The lowest BCUT2D eigenvalue weighted by atomic mass is 9.91. The zero-order chi connectivity index (χ0) is 17.6. The van der Waals surface area contributed by atoms with E-state index >= 15 is 0 Å². The SMILES string of the molecule is Cn1ccnc1[C@H](NC(=O)Cc1ccc(C#N)cc1)C1CCOCC1. The topological polar surface area (TPSA) is 79.9 Å². The lowest BCUT2D eigenvalue weighted by Gasteiger charge is -2.30. The van der Waals surface area contributed by atoms with Crippen LogP contribution in [0.1, 0.15) is 35.8 Å². The second-order valence-electron chi connectivity index (χ2n) is 6.38. The molecule has 25 heavy (non-hydrogen) atoms. The van der Waals surface area contributed by atoms with E-state index in [-0.39, 0.29) is 18.4 Å². The monoisotopic (exact) mass is 338 g/mol. The molecule has 1 N–H and O–H groups in total. The summed E-state index contributed by atoms with van der Waals surface area (Å²) < 4.78 is 7.41. The van der Waals surface area contributed by atoms with Crippen molar-refractivity contribution in [1.82, 2.24) is 14.9 Å². The first-order chi connectivity index (χ1) is 12.2. The van der Waals surface area contributed by atoms with Gasteiger partial charge in [0.15, 0.2) is 0 Å². The van der Waals surface area contributed by atoms with Gasteiger partial charge in [0.05, 0.1) is 24.1 Å². The predicted octanol–water partition coefficient (Wildman–Crippen LogP) is 2.12. The molecule has 1 aromatic heterocycles. The number of ether oxygens (including phenoxy) is 1. The van der Waals surface area contributed by atoms with Crippen molar-refractivity contribution in [3.05, 3.63) is 53.6 Å². The smallest absolute Gasteiger partial charge is 0.225 e. The van der Waals surface area contributed by atoms with Crippen LogP contribution < -0.4 is 5.32 Å². The van der Waals surface area contributed by atoms with E-state index in [9.17, 15) is 4.79 Å². The van der Waals surface area contributed by atoms with Gasteiger partial charge < -0.3 is 14.6 Å². The third kappa shape index (κ3) is 4.25. The summed E-state index contributed by atoms with van der Waals surface area (Å²) in [7, 11) is 1.95. The molecule has 3 rings (SSSR count). The second kappa shape index (κ2) is 7.95. The van der Waals surface area contributed by atoms with E-state index in [0.717, 1.165) is 37.4 Å². The molecule has 6 nitrogen and oxygen atoms in total. The number of nitrogens with one attached hydrogen (secondary N) is 1. The maximum atomic E-state index is 12.6. The van der Waals surface area contributed by atoms with E-state index in [0.29, 0.717) is 11.5 Å². The van der Waals surface area contributed by atoms with Crippen LogP contribution in [0.3, 0.4) is 0 Å². The molecular formula is C19H22N4O2. The van der Waals surface area contributed by atoms with Crippen LogP contribution in [0.15, 0.2) is 36.7 Å². The number of nitriles is 1. The highest BCUT2D eigenvalue weighted by atomic mass is 16.5. The zero-order valence-corrected chi connectivity index (χ0v) is 14.3. The van der Waals surface area contributed by atoms with Crippen molar-refractivity contribution in [1.29, 1.82) is 5.26 Å². The third-order valence-electron chi connectivity index (χ3n) is 4.64. The first-order valence-corrected chi connectivity index (χ1v) is 8.50. The molecule has 1 aliphatic heterocycles. The molecule has 0 bridgehead atoms. The normalized spacial score (nSPS) is 16.2. The minimum atomic E-state index is -0.116. The van der Waals surface area contributed by atoms with Gasteiger partial charge in [0, 0.05) is 32.7 Å². The zero-order valence-electron chi connectivity index (χ0n) is 14.3. The molecule has 1 aromatic carbocycles. The van der Waals surface area contributed by atoms with Crippen LogP contribution in [0.4, 0.5) is 0 Å². The number of aromatic nitrogens is 2. The molecule has 130 valence electrons. The highest BCUT2D eigenvalue weighted by molar-refractivity contribution is 5.79. The number of amides is 1. The van der Waals surface area contributed by atoms with Gasteiger partial charge in [-0.3, -0.25) is 4.79 Å². The molecule has 0 radical (unpaired) electrons. The molecule has 6 heteroatoms. The Morgan fingerprint density at radius 1 is 1.40 bits per heavy atom.